The van der Waals surface area contributed by atoms with E-state index in [2.05, 4.69) is 25.5 Å². The number of piperidine rings is 1. The summed E-state index contributed by atoms with van der Waals surface area (Å²) in [5.74, 6) is -0.00455. The lowest BCUT2D eigenvalue weighted by atomic mass is 10.0. The average molecular weight is 611 g/mol. The molecule has 0 radical (unpaired) electrons. The van der Waals surface area contributed by atoms with Crippen molar-refractivity contribution < 1.29 is 27.6 Å². The van der Waals surface area contributed by atoms with Crippen LogP contribution in [0, 0.1) is 0 Å². The summed E-state index contributed by atoms with van der Waals surface area (Å²) < 4.78 is 32.6. The maximum atomic E-state index is 13.1. The predicted octanol–water partition coefficient (Wildman–Crippen LogP) is 3.63. The van der Waals surface area contributed by atoms with Crippen LogP contribution in [0.2, 0.25) is 0 Å². The second-order valence-corrected chi connectivity index (χ2v) is 12.8. The zero-order valence-corrected chi connectivity index (χ0v) is 25.6. The van der Waals surface area contributed by atoms with Crippen LogP contribution in [0.4, 0.5) is 11.6 Å². The summed E-state index contributed by atoms with van der Waals surface area (Å²) in [6.45, 7) is 6.41. The van der Waals surface area contributed by atoms with Gasteiger partial charge in [-0.25, -0.2) is 18.4 Å². The number of ether oxygens (including phenoxy) is 1. The van der Waals surface area contributed by atoms with Crippen molar-refractivity contribution in [2.75, 3.05) is 37.0 Å². The minimum Gasteiger partial charge on any atom is -0.495 e. The van der Waals surface area contributed by atoms with Crippen molar-refractivity contribution in [3.05, 3.63) is 72.6 Å². The number of rotatable bonds is 11. The molecule has 1 aliphatic rings. The van der Waals surface area contributed by atoms with E-state index < -0.39 is 27.4 Å². The third kappa shape index (κ3) is 8.20. The molecule has 2 heterocycles. The second kappa shape index (κ2) is 13.8. The molecule has 0 saturated carbocycles. The van der Waals surface area contributed by atoms with Gasteiger partial charge in [0.2, 0.25) is 5.95 Å². The summed E-state index contributed by atoms with van der Waals surface area (Å²) in [7, 11) is -2.54. The molecule has 1 fully saturated rings. The third-order valence-electron chi connectivity index (χ3n) is 6.78. The van der Waals surface area contributed by atoms with Crippen molar-refractivity contribution >= 4 is 33.5 Å². The largest absolute Gasteiger partial charge is 0.495 e. The Balaban J connectivity index is 1.30. The maximum absolute atomic E-state index is 13.1. The first-order chi connectivity index (χ1) is 20.5. The number of hydroxylamine groups is 1. The van der Waals surface area contributed by atoms with Crippen molar-refractivity contribution in [3.63, 3.8) is 0 Å². The first-order valence-electron chi connectivity index (χ1n) is 14.0. The standard InChI is InChI=1S/C30H38N6O6S/c1-30(2,3)36(43(39,40)24-9-6-5-7-10-24)42-27(37)13-18-31-28(38)22-11-12-25(26(21-22)41-4)35-19-14-23(15-20-35)34-29-32-16-8-17-33-29/h5-12,16-17,21,23H,13-15,18-20H2,1-4H3,(H,31,38)(H,32,33,34). The molecule has 1 amide bonds. The Morgan fingerprint density at radius 1 is 1.02 bits per heavy atom. The van der Waals surface area contributed by atoms with Crippen LogP contribution in [0.1, 0.15) is 50.4 Å². The highest BCUT2D eigenvalue weighted by molar-refractivity contribution is 7.89. The molecule has 12 nitrogen and oxygen atoms in total. The van der Waals surface area contributed by atoms with Crippen molar-refractivity contribution in [3.8, 4) is 5.75 Å². The molecule has 230 valence electrons. The highest BCUT2D eigenvalue weighted by atomic mass is 32.2. The van der Waals surface area contributed by atoms with E-state index in [4.69, 9.17) is 9.57 Å². The summed E-state index contributed by atoms with van der Waals surface area (Å²) in [6, 6.07) is 15.0. The average Bonchev–Trinajstić information content (AvgIpc) is 3.00. The van der Waals surface area contributed by atoms with Gasteiger partial charge in [-0.15, -0.1) is 0 Å². The number of sulfonamides is 1. The van der Waals surface area contributed by atoms with Crippen LogP contribution in [0.3, 0.4) is 0 Å². The van der Waals surface area contributed by atoms with Gasteiger partial charge in [0, 0.05) is 43.6 Å². The summed E-state index contributed by atoms with van der Waals surface area (Å²) >= 11 is 0. The smallest absolute Gasteiger partial charge is 0.328 e. The van der Waals surface area contributed by atoms with Crippen molar-refractivity contribution in [2.45, 2.75) is 56.5 Å². The van der Waals surface area contributed by atoms with Crippen LogP contribution in [0.15, 0.2) is 71.9 Å². The number of carbonyl (C=O) groups excluding carboxylic acids is 2. The lowest BCUT2D eigenvalue weighted by Crippen LogP contribution is -2.46. The molecule has 2 aromatic carbocycles. The van der Waals surface area contributed by atoms with Gasteiger partial charge in [-0.1, -0.05) is 18.2 Å². The molecule has 3 aromatic rings. The number of hydrogen-bond donors (Lipinski definition) is 2. The van der Waals surface area contributed by atoms with Crippen molar-refractivity contribution in [1.82, 2.24) is 19.8 Å². The van der Waals surface area contributed by atoms with Gasteiger partial charge in [0.25, 0.3) is 15.9 Å². The van der Waals surface area contributed by atoms with E-state index in [0.29, 0.717) is 21.7 Å². The first kappa shape index (κ1) is 31.7. The molecular weight excluding hydrogens is 572 g/mol. The van der Waals surface area contributed by atoms with Crippen LogP contribution < -0.4 is 20.3 Å². The highest BCUT2D eigenvalue weighted by Gasteiger charge is 2.38. The Hall–Kier alpha value is -4.23. The number of hydrogen-bond acceptors (Lipinski definition) is 10. The fraction of sp³-hybridized carbons (Fsp3) is 0.400. The number of methoxy groups -OCH3 is 1. The Kier molecular flexibility index (Phi) is 10.2. The Labute approximate surface area is 252 Å². The fourth-order valence-electron chi connectivity index (χ4n) is 4.65. The number of anilines is 2. The molecule has 0 bridgehead atoms. The fourth-order valence-corrected chi connectivity index (χ4v) is 6.25. The Bertz CT molecular complexity index is 1490. The Morgan fingerprint density at radius 2 is 1.70 bits per heavy atom. The number of nitrogens with zero attached hydrogens (tertiary/aromatic N) is 4. The quantitative estimate of drug-likeness (QED) is 0.309. The van der Waals surface area contributed by atoms with E-state index in [1.165, 1.54) is 12.1 Å². The summed E-state index contributed by atoms with van der Waals surface area (Å²) in [6.07, 6.45) is 4.96. The van der Waals surface area contributed by atoms with E-state index in [1.54, 1.807) is 76.7 Å². The summed E-state index contributed by atoms with van der Waals surface area (Å²) in [5.41, 5.74) is 0.224. The minimum atomic E-state index is -4.10. The highest BCUT2D eigenvalue weighted by Crippen LogP contribution is 2.32. The van der Waals surface area contributed by atoms with Gasteiger partial charge in [0.1, 0.15) is 5.75 Å². The van der Waals surface area contributed by atoms with Gasteiger partial charge >= 0.3 is 5.97 Å². The maximum Gasteiger partial charge on any atom is 0.328 e. The lowest BCUT2D eigenvalue weighted by molar-refractivity contribution is -0.182. The summed E-state index contributed by atoms with van der Waals surface area (Å²) in [5, 5.41) is 6.06. The number of nitrogens with one attached hydrogen (secondary N) is 2. The van der Waals surface area contributed by atoms with Crippen LogP contribution in [-0.4, -0.2) is 73.1 Å². The zero-order chi connectivity index (χ0) is 31.0. The van der Waals surface area contributed by atoms with Gasteiger partial charge in [-0.2, -0.15) is 0 Å². The molecule has 4 rings (SSSR count). The molecule has 1 aromatic heterocycles. The Morgan fingerprint density at radius 3 is 2.33 bits per heavy atom. The van der Waals surface area contributed by atoms with Crippen molar-refractivity contribution in [1.29, 1.82) is 0 Å². The molecule has 2 N–H and O–H groups in total. The molecule has 0 atom stereocenters. The molecule has 0 spiro atoms. The first-order valence-corrected chi connectivity index (χ1v) is 15.5. The van der Waals surface area contributed by atoms with Crippen LogP contribution in [-0.2, 0) is 19.7 Å². The number of aromatic nitrogens is 2. The lowest BCUT2D eigenvalue weighted by Gasteiger charge is -2.34. The van der Waals surface area contributed by atoms with Gasteiger partial charge in [0.15, 0.2) is 0 Å². The molecule has 1 aliphatic heterocycles. The monoisotopic (exact) mass is 610 g/mol. The second-order valence-electron chi connectivity index (χ2n) is 11.0. The van der Waals surface area contributed by atoms with E-state index in [-0.39, 0.29) is 23.9 Å². The van der Waals surface area contributed by atoms with Gasteiger partial charge < -0.3 is 25.1 Å². The normalized spacial score (nSPS) is 14.3. The van der Waals surface area contributed by atoms with Gasteiger partial charge in [-0.3, -0.25) is 9.59 Å². The van der Waals surface area contributed by atoms with E-state index in [1.807, 2.05) is 6.07 Å². The van der Waals surface area contributed by atoms with Crippen LogP contribution in [0.25, 0.3) is 0 Å². The molecule has 1 saturated heterocycles. The number of carbonyl (C=O) groups is 2. The SMILES string of the molecule is COc1cc(C(=O)NCCC(=O)ON(C(C)(C)C)S(=O)(=O)c2ccccc2)ccc1N1CCC(Nc2ncccn2)CC1. The molecule has 13 heteroatoms. The third-order valence-corrected chi connectivity index (χ3v) is 8.71. The number of benzene rings is 2. The van der Waals surface area contributed by atoms with E-state index in [9.17, 15) is 18.0 Å². The topological polar surface area (TPSA) is 143 Å². The van der Waals surface area contributed by atoms with Crippen molar-refractivity contribution in [2.24, 2.45) is 0 Å². The number of amides is 1. The van der Waals surface area contributed by atoms with E-state index >= 15 is 0 Å². The molecular formula is C30H38N6O6S. The predicted molar refractivity (Wildman–Crippen MR) is 162 cm³/mol. The minimum absolute atomic E-state index is 0.00578. The zero-order valence-electron chi connectivity index (χ0n) is 24.8. The van der Waals surface area contributed by atoms with Crippen LogP contribution in [0.5, 0.6) is 5.75 Å². The molecule has 43 heavy (non-hydrogen) atoms. The molecule has 0 unspecified atom stereocenters. The summed E-state index contributed by atoms with van der Waals surface area (Å²) in [4.78, 5) is 41.5. The van der Waals surface area contributed by atoms with Gasteiger partial charge in [-0.05, 0) is 74.5 Å². The van der Waals surface area contributed by atoms with Crippen LogP contribution >= 0.6 is 0 Å². The van der Waals surface area contributed by atoms with E-state index in [0.717, 1.165) is 31.6 Å². The molecule has 0 aliphatic carbocycles. The van der Waals surface area contributed by atoms with Gasteiger partial charge in [0.05, 0.1) is 29.7 Å².